The van der Waals surface area contributed by atoms with Gasteiger partial charge in [-0.2, -0.15) is 0 Å². The molecule has 2 atom stereocenters. The summed E-state index contributed by atoms with van der Waals surface area (Å²) in [6, 6.07) is 12.7. The summed E-state index contributed by atoms with van der Waals surface area (Å²) < 4.78 is 14.6. The number of carbonyl (C=O) groups excluding carboxylic acids is 1. The predicted octanol–water partition coefficient (Wildman–Crippen LogP) is 5.42. The molecule has 0 aliphatic carbocycles. The van der Waals surface area contributed by atoms with Gasteiger partial charge in [-0.05, 0) is 36.4 Å². The van der Waals surface area contributed by atoms with Crippen molar-refractivity contribution in [1.29, 1.82) is 0 Å². The van der Waals surface area contributed by atoms with E-state index in [2.05, 4.69) is 15.6 Å². The summed E-state index contributed by atoms with van der Waals surface area (Å²) in [4.78, 5) is 16.6. The van der Waals surface area contributed by atoms with Crippen LogP contribution in [0.2, 0.25) is 10.0 Å². The third-order valence-electron chi connectivity index (χ3n) is 4.93. The molecular formula is C22H23Cl3N4O3S. The first kappa shape index (κ1) is 25.7. The van der Waals surface area contributed by atoms with Gasteiger partial charge in [0, 0.05) is 46.4 Å². The smallest absolute Gasteiger partial charge is 0.318 e. The Labute approximate surface area is 212 Å². The SMILES string of the molecule is CNC(=O)Nc1ccc(SC[C@@H]2CO[C@@](Cn3ccnc3)(c3ccc(Cl)cc3Cl)O2)cc1.Cl. The van der Waals surface area contributed by atoms with E-state index in [9.17, 15) is 4.79 Å². The molecule has 1 saturated heterocycles. The molecule has 33 heavy (non-hydrogen) atoms. The van der Waals surface area contributed by atoms with Crippen molar-refractivity contribution in [3.63, 3.8) is 0 Å². The van der Waals surface area contributed by atoms with Crippen molar-refractivity contribution in [2.24, 2.45) is 0 Å². The average molecular weight is 530 g/mol. The Hall–Kier alpha value is -1.94. The third-order valence-corrected chi connectivity index (χ3v) is 6.62. The molecule has 0 radical (unpaired) electrons. The highest BCUT2D eigenvalue weighted by atomic mass is 35.5. The number of rotatable bonds is 7. The van der Waals surface area contributed by atoms with Gasteiger partial charge >= 0.3 is 6.03 Å². The highest BCUT2D eigenvalue weighted by Gasteiger charge is 2.45. The number of urea groups is 1. The lowest BCUT2D eigenvalue weighted by Gasteiger charge is -2.30. The zero-order valence-electron chi connectivity index (χ0n) is 17.7. The fourth-order valence-corrected chi connectivity index (χ4v) is 4.82. The van der Waals surface area contributed by atoms with Crippen molar-refractivity contribution in [3.8, 4) is 0 Å². The number of nitrogens with zero attached hydrogens (tertiary/aromatic N) is 2. The van der Waals surface area contributed by atoms with Crippen molar-refractivity contribution in [2.45, 2.75) is 23.3 Å². The molecule has 2 N–H and O–H groups in total. The summed E-state index contributed by atoms with van der Waals surface area (Å²) in [6.45, 7) is 0.840. The summed E-state index contributed by atoms with van der Waals surface area (Å²) in [5, 5.41) is 6.31. The van der Waals surface area contributed by atoms with E-state index in [0.717, 1.165) is 16.1 Å². The van der Waals surface area contributed by atoms with Crippen LogP contribution >= 0.6 is 47.4 Å². The van der Waals surface area contributed by atoms with Crippen LogP contribution in [-0.2, 0) is 21.8 Å². The predicted molar refractivity (Wildman–Crippen MR) is 134 cm³/mol. The van der Waals surface area contributed by atoms with Crippen LogP contribution in [0.1, 0.15) is 5.56 Å². The molecule has 3 aromatic rings. The van der Waals surface area contributed by atoms with E-state index in [1.54, 1.807) is 43.5 Å². The van der Waals surface area contributed by atoms with Crippen molar-refractivity contribution in [1.82, 2.24) is 14.9 Å². The lowest BCUT2D eigenvalue weighted by atomic mass is 10.1. The number of imidazole rings is 1. The molecule has 0 unspecified atom stereocenters. The van der Waals surface area contributed by atoms with Crippen LogP contribution in [0.5, 0.6) is 0 Å². The van der Waals surface area contributed by atoms with E-state index in [0.29, 0.717) is 28.9 Å². The summed E-state index contributed by atoms with van der Waals surface area (Å²) >= 11 is 14.3. The lowest BCUT2D eigenvalue weighted by molar-refractivity contribution is -0.184. The van der Waals surface area contributed by atoms with Crippen molar-refractivity contribution >= 4 is 59.1 Å². The Balaban J connectivity index is 0.00000306. The van der Waals surface area contributed by atoms with Gasteiger partial charge < -0.3 is 24.7 Å². The Kier molecular flexibility index (Phi) is 8.92. The second-order valence-electron chi connectivity index (χ2n) is 7.20. The Morgan fingerprint density at radius 1 is 1.27 bits per heavy atom. The summed E-state index contributed by atoms with van der Waals surface area (Å²) in [5.74, 6) is -0.339. The van der Waals surface area contributed by atoms with Gasteiger partial charge in [0.05, 0.1) is 30.6 Å². The zero-order chi connectivity index (χ0) is 22.6. The fraction of sp³-hybridized carbons (Fsp3) is 0.273. The van der Waals surface area contributed by atoms with E-state index < -0.39 is 5.79 Å². The van der Waals surface area contributed by atoms with Crippen LogP contribution in [-0.4, -0.2) is 41.1 Å². The molecule has 1 aromatic heterocycles. The maximum Gasteiger partial charge on any atom is 0.318 e. The summed E-state index contributed by atoms with van der Waals surface area (Å²) in [5.41, 5.74) is 1.46. The zero-order valence-corrected chi connectivity index (χ0v) is 20.8. The number of carbonyl (C=O) groups is 1. The molecule has 176 valence electrons. The maximum atomic E-state index is 11.4. The molecular weight excluding hydrogens is 507 g/mol. The highest BCUT2D eigenvalue weighted by Crippen LogP contribution is 2.41. The standard InChI is InChI=1S/C22H22Cl2N4O3S.ClH/c1-25-21(29)27-16-3-5-18(6-4-16)32-12-17-11-30-22(31-17,13-28-9-8-26-14-28)19-7-2-15(23)10-20(19)24;/h2-10,14,17H,11-13H2,1H3,(H2,25,27,29);1H/t17-,22+;/m0./s1. The molecule has 1 aliphatic heterocycles. The fourth-order valence-electron chi connectivity index (χ4n) is 3.39. The summed E-state index contributed by atoms with van der Waals surface area (Å²) in [7, 11) is 1.58. The van der Waals surface area contributed by atoms with Crippen LogP contribution in [0.25, 0.3) is 0 Å². The van der Waals surface area contributed by atoms with Gasteiger partial charge in [0.2, 0.25) is 5.79 Å². The van der Waals surface area contributed by atoms with Gasteiger partial charge in [-0.3, -0.25) is 0 Å². The Morgan fingerprint density at radius 3 is 2.73 bits per heavy atom. The van der Waals surface area contributed by atoms with E-state index >= 15 is 0 Å². The van der Waals surface area contributed by atoms with Crippen molar-refractivity contribution in [2.75, 3.05) is 24.7 Å². The number of hydrogen-bond donors (Lipinski definition) is 2. The molecule has 2 aromatic carbocycles. The first-order valence-corrected chi connectivity index (χ1v) is 11.7. The molecule has 0 spiro atoms. The molecule has 1 aliphatic rings. The van der Waals surface area contributed by atoms with E-state index in [1.807, 2.05) is 41.1 Å². The second-order valence-corrected chi connectivity index (χ2v) is 9.14. The van der Waals surface area contributed by atoms with Gasteiger partial charge in [0.1, 0.15) is 0 Å². The molecule has 2 heterocycles. The Bertz CT molecular complexity index is 1070. The minimum absolute atomic E-state index is 0. The van der Waals surface area contributed by atoms with E-state index in [1.165, 1.54) is 0 Å². The molecule has 7 nitrogen and oxygen atoms in total. The number of hydrogen-bond acceptors (Lipinski definition) is 5. The molecule has 2 amide bonds. The molecule has 0 saturated carbocycles. The first-order valence-electron chi connectivity index (χ1n) is 9.92. The molecule has 11 heteroatoms. The van der Waals surface area contributed by atoms with E-state index in [-0.39, 0.29) is 24.5 Å². The van der Waals surface area contributed by atoms with Crippen molar-refractivity contribution in [3.05, 3.63) is 76.8 Å². The highest BCUT2D eigenvalue weighted by molar-refractivity contribution is 7.99. The minimum Gasteiger partial charge on any atom is -0.342 e. The monoisotopic (exact) mass is 528 g/mol. The average Bonchev–Trinajstić information content (AvgIpc) is 3.44. The molecule has 1 fully saturated rings. The van der Waals surface area contributed by atoms with Crippen LogP contribution in [0.15, 0.2) is 66.1 Å². The molecule has 4 rings (SSSR count). The number of anilines is 1. The van der Waals surface area contributed by atoms with Crippen LogP contribution in [0, 0.1) is 0 Å². The number of amides is 2. The number of aromatic nitrogens is 2. The van der Waals surface area contributed by atoms with Gasteiger partial charge in [-0.15, -0.1) is 24.2 Å². The van der Waals surface area contributed by atoms with Crippen LogP contribution in [0.3, 0.4) is 0 Å². The van der Waals surface area contributed by atoms with E-state index in [4.69, 9.17) is 32.7 Å². The third kappa shape index (κ3) is 6.35. The molecule has 0 bridgehead atoms. The number of nitrogens with one attached hydrogen (secondary N) is 2. The Morgan fingerprint density at radius 2 is 2.06 bits per heavy atom. The number of halogens is 3. The number of thioether (sulfide) groups is 1. The van der Waals surface area contributed by atoms with Gasteiger partial charge in [-0.25, -0.2) is 9.78 Å². The number of ether oxygens (including phenoxy) is 2. The van der Waals surface area contributed by atoms with Crippen molar-refractivity contribution < 1.29 is 14.3 Å². The first-order chi connectivity index (χ1) is 15.5. The quantitative estimate of drug-likeness (QED) is 0.400. The summed E-state index contributed by atoms with van der Waals surface area (Å²) in [6.07, 6.45) is 5.14. The lowest BCUT2D eigenvalue weighted by Crippen LogP contribution is -2.34. The van der Waals surface area contributed by atoms with Crippen LogP contribution in [0.4, 0.5) is 10.5 Å². The van der Waals surface area contributed by atoms with Gasteiger partial charge in [0.25, 0.3) is 0 Å². The van der Waals surface area contributed by atoms with Gasteiger partial charge in [-0.1, -0.05) is 29.3 Å². The van der Waals surface area contributed by atoms with Crippen LogP contribution < -0.4 is 10.6 Å². The van der Waals surface area contributed by atoms with Gasteiger partial charge in [0.15, 0.2) is 0 Å². The number of benzene rings is 2. The maximum absolute atomic E-state index is 11.4. The normalized spacial score (nSPS) is 19.7. The second kappa shape index (κ2) is 11.5. The largest absolute Gasteiger partial charge is 0.342 e. The topological polar surface area (TPSA) is 77.4 Å². The minimum atomic E-state index is -1.03.